The molecule has 0 aliphatic carbocycles. The van der Waals surface area contributed by atoms with E-state index in [1.807, 2.05) is 0 Å². The Labute approximate surface area is 163 Å². The molecule has 0 fully saturated rings. The van der Waals surface area contributed by atoms with Gasteiger partial charge in [0.2, 0.25) is 0 Å². The van der Waals surface area contributed by atoms with Crippen LogP contribution in [0.1, 0.15) is 24.9 Å². The summed E-state index contributed by atoms with van der Waals surface area (Å²) in [6.45, 7) is 1.52. The molecule has 0 aliphatic rings. The summed E-state index contributed by atoms with van der Waals surface area (Å²) in [6, 6.07) is 8.55. The van der Waals surface area contributed by atoms with Crippen LogP contribution in [0.4, 0.5) is 8.78 Å². The molecule has 0 heterocycles. The molecule has 8 heteroatoms. The van der Waals surface area contributed by atoms with E-state index in [2.05, 4.69) is 26.0 Å². The first kappa shape index (κ1) is 20.8. The first-order chi connectivity index (χ1) is 12.8. The van der Waals surface area contributed by atoms with Gasteiger partial charge in [0.1, 0.15) is 17.4 Å². The number of esters is 1. The summed E-state index contributed by atoms with van der Waals surface area (Å²) in [5.41, 5.74) is 0.547. The average molecular weight is 442 g/mol. The summed E-state index contributed by atoms with van der Waals surface area (Å²) >= 11 is 3.17. The fourth-order valence-electron chi connectivity index (χ4n) is 2.30. The van der Waals surface area contributed by atoms with E-state index < -0.39 is 35.7 Å². The molecule has 1 amide bonds. The van der Waals surface area contributed by atoms with Crippen molar-refractivity contribution in [1.29, 1.82) is 0 Å². The number of methoxy groups -OCH3 is 1. The third-order valence-electron chi connectivity index (χ3n) is 3.75. The lowest BCUT2D eigenvalue weighted by Gasteiger charge is -2.21. The quantitative estimate of drug-likeness (QED) is 0.661. The highest BCUT2D eigenvalue weighted by Crippen LogP contribution is 2.26. The van der Waals surface area contributed by atoms with E-state index in [9.17, 15) is 18.4 Å². The maximum atomic E-state index is 13.2. The highest BCUT2D eigenvalue weighted by atomic mass is 79.9. The van der Waals surface area contributed by atoms with Crippen LogP contribution in [0.2, 0.25) is 0 Å². The first-order valence-electron chi connectivity index (χ1n) is 8.04. The summed E-state index contributed by atoms with van der Waals surface area (Å²) in [5.74, 6) is -1.60. The second kappa shape index (κ2) is 9.45. The molecule has 27 heavy (non-hydrogen) atoms. The predicted octanol–water partition coefficient (Wildman–Crippen LogP) is 3.92. The van der Waals surface area contributed by atoms with Crippen LogP contribution in [-0.4, -0.2) is 25.1 Å². The number of nitrogens with one attached hydrogen (secondary N) is 1. The van der Waals surface area contributed by atoms with Gasteiger partial charge in [0, 0.05) is 0 Å². The topological polar surface area (TPSA) is 64.6 Å². The van der Waals surface area contributed by atoms with Gasteiger partial charge in [0.15, 0.2) is 6.10 Å². The normalized spacial score (nSPS) is 12.8. The van der Waals surface area contributed by atoms with E-state index in [1.165, 1.54) is 56.5 Å². The van der Waals surface area contributed by atoms with E-state index in [-0.39, 0.29) is 6.42 Å². The fourth-order valence-corrected chi connectivity index (χ4v) is 2.75. The van der Waals surface area contributed by atoms with Gasteiger partial charge < -0.3 is 14.8 Å². The smallest absolute Gasteiger partial charge is 0.307 e. The number of ether oxygens (including phenoxy) is 2. The Morgan fingerprint density at radius 3 is 2.33 bits per heavy atom. The SMILES string of the molecule is COC(=O)CC(NC(=O)C(C)Oc1ccc(F)cc1Br)c1ccc(F)cc1. The summed E-state index contributed by atoms with van der Waals surface area (Å²) in [7, 11) is 1.24. The Bertz CT molecular complexity index is 814. The van der Waals surface area contributed by atoms with Crippen LogP contribution in [0.5, 0.6) is 5.75 Å². The highest BCUT2D eigenvalue weighted by molar-refractivity contribution is 9.10. The van der Waals surface area contributed by atoms with Crippen molar-refractivity contribution in [3.8, 4) is 5.75 Å². The molecule has 0 spiro atoms. The number of hydrogen-bond donors (Lipinski definition) is 1. The molecule has 5 nitrogen and oxygen atoms in total. The minimum absolute atomic E-state index is 0.124. The van der Waals surface area contributed by atoms with Crippen molar-refractivity contribution in [2.75, 3.05) is 7.11 Å². The number of amides is 1. The van der Waals surface area contributed by atoms with Crippen LogP contribution < -0.4 is 10.1 Å². The van der Waals surface area contributed by atoms with Gasteiger partial charge in [-0.2, -0.15) is 0 Å². The Hall–Kier alpha value is -2.48. The molecule has 2 rings (SSSR count). The molecule has 0 bridgehead atoms. The number of carbonyl (C=O) groups excluding carboxylic acids is 2. The molecule has 2 aromatic carbocycles. The van der Waals surface area contributed by atoms with E-state index in [4.69, 9.17) is 4.74 Å². The average Bonchev–Trinajstić information content (AvgIpc) is 2.63. The lowest BCUT2D eigenvalue weighted by atomic mass is 10.0. The van der Waals surface area contributed by atoms with Gasteiger partial charge in [-0.3, -0.25) is 9.59 Å². The Kier molecular flexibility index (Phi) is 7.29. The summed E-state index contributed by atoms with van der Waals surface area (Å²) in [6.07, 6.45) is -1.05. The Morgan fingerprint density at radius 1 is 1.11 bits per heavy atom. The first-order valence-corrected chi connectivity index (χ1v) is 8.83. The zero-order valence-electron chi connectivity index (χ0n) is 14.7. The molecular formula is C19H18BrF2NO4. The molecule has 0 saturated heterocycles. The zero-order valence-corrected chi connectivity index (χ0v) is 16.3. The molecule has 0 aromatic heterocycles. The van der Waals surface area contributed by atoms with E-state index in [0.29, 0.717) is 15.8 Å². The predicted molar refractivity (Wildman–Crippen MR) is 98.1 cm³/mol. The summed E-state index contributed by atoms with van der Waals surface area (Å²) in [4.78, 5) is 24.2. The number of halogens is 3. The molecule has 2 unspecified atom stereocenters. The van der Waals surface area contributed by atoms with Crippen molar-refractivity contribution in [2.45, 2.75) is 25.5 Å². The van der Waals surface area contributed by atoms with Crippen molar-refractivity contribution < 1.29 is 27.8 Å². The van der Waals surface area contributed by atoms with Crippen molar-refractivity contribution >= 4 is 27.8 Å². The van der Waals surface area contributed by atoms with Crippen LogP contribution in [0.15, 0.2) is 46.9 Å². The van der Waals surface area contributed by atoms with Gasteiger partial charge in [-0.15, -0.1) is 0 Å². The van der Waals surface area contributed by atoms with Crippen LogP contribution in [0.3, 0.4) is 0 Å². The minimum Gasteiger partial charge on any atom is -0.480 e. The largest absolute Gasteiger partial charge is 0.480 e. The molecular weight excluding hydrogens is 424 g/mol. The second-order valence-electron chi connectivity index (χ2n) is 5.73. The number of benzene rings is 2. The monoisotopic (exact) mass is 441 g/mol. The van der Waals surface area contributed by atoms with Crippen LogP contribution in [0, 0.1) is 11.6 Å². The third-order valence-corrected chi connectivity index (χ3v) is 4.37. The maximum absolute atomic E-state index is 13.2. The Morgan fingerprint density at radius 2 is 1.74 bits per heavy atom. The second-order valence-corrected chi connectivity index (χ2v) is 6.58. The van der Waals surface area contributed by atoms with Gasteiger partial charge in [-0.05, 0) is 58.7 Å². The van der Waals surface area contributed by atoms with E-state index >= 15 is 0 Å². The van der Waals surface area contributed by atoms with E-state index in [1.54, 1.807) is 0 Å². The van der Waals surface area contributed by atoms with Crippen LogP contribution in [-0.2, 0) is 14.3 Å². The molecule has 1 N–H and O–H groups in total. The highest BCUT2D eigenvalue weighted by Gasteiger charge is 2.23. The molecule has 0 aliphatic heterocycles. The molecule has 2 aromatic rings. The molecule has 0 radical (unpaired) electrons. The lowest BCUT2D eigenvalue weighted by Crippen LogP contribution is -2.39. The van der Waals surface area contributed by atoms with Crippen molar-refractivity contribution in [2.24, 2.45) is 0 Å². The number of rotatable bonds is 7. The zero-order chi connectivity index (χ0) is 20.0. The van der Waals surface area contributed by atoms with Gasteiger partial charge in [0.25, 0.3) is 5.91 Å². The van der Waals surface area contributed by atoms with Crippen LogP contribution >= 0.6 is 15.9 Å². The Balaban J connectivity index is 2.11. The van der Waals surface area contributed by atoms with Crippen molar-refractivity contribution in [1.82, 2.24) is 5.32 Å². The molecule has 0 saturated carbocycles. The van der Waals surface area contributed by atoms with Gasteiger partial charge in [0.05, 0.1) is 24.0 Å². The summed E-state index contributed by atoms with van der Waals surface area (Å²) < 4.78 is 36.9. The standard InChI is InChI=1S/C19H18BrF2NO4/c1-11(27-17-8-7-14(22)9-15(17)20)19(25)23-16(10-18(24)26-2)12-3-5-13(21)6-4-12/h3-9,11,16H,10H2,1-2H3,(H,23,25). The maximum Gasteiger partial charge on any atom is 0.307 e. The van der Waals surface area contributed by atoms with E-state index in [0.717, 1.165) is 0 Å². The van der Waals surface area contributed by atoms with Crippen LogP contribution in [0.25, 0.3) is 0 Å². The molecule has 2 atom stereocenters. The molecule has 144 valence electrons. The minimum atomic E-state index is -0.924. The lowest BCUT2D eigenvalue weighted by molar-refractivity contribution is -0.141. The van der Waals surface area contributed by atoms with Crippen molar-refractivity contribution in [3.63, 3.8) is 0 Å². The summed E-state index contributed by atoms with van der Waals surface area (Å²) in [5, 5.41) is 2.69. The fraction of sp³-hybridized carbons (Fsp3) is 0.263. The van der Waals surface area contributed by atoms with Gasteiger partial charge in [-0.25, -0.2) is 8.78 Å². The van der Waals surface area contributed by atoms with Gasteiger partial charge >= 0.3 is 5.97 Å². The number of carbonyl (C=O) groups is 2. The van der Waals surface area contributed by atoms with Crippen molar-refractivity contribution in [3.05, 3.63) is 64.1 Å². The van der Waals surface area contributed by atoms with Gasteiger partial charge in [-0.1, -0.05) is 12.1 Å². The number of hydrogen-bond acceptors (Lipinski definition) is 4. The third kappa shape index (κ3) is 6.02.